The second-order valence-corrected chi connectivity index (χ2v) is 5.83. The van der Waals surface area contributed by atoms with Crippen LogP contribution in [0.1, 0.15) is 11.9 Å². The van der Waals surface area contributed by atoms with Crippen molar-refractivity contribution >= 4 is 46.1 Å². The highest BCUT2D eigenvalue weighted by Gasteiger charge is 2.09. The largest absolute Gasteiger partial charge is 0.486 e. The maximum atomic E-state index is 13.7. The van der Waals surface area contributed by atoms with E-state index in [1.807, 2.05) is 0 Å². The van der Waals surface area contributed by atoms with Gasteiger partial charge in [0.15, 0.2) is 5.15 Å². The summed E-state index contributed by atoms with van der Waals surface area (Å²) in [6.45, 7) is 1.44. The van der Waals surface area contributed by atoms with Crippen LogP contribution in [0.2, 0.25) is 9.49 Å². The molecule has 2 rings (SSSR count). The summed E-state index contributed by atoms with van der Waals surface area (Å²) in [7, 11) is 0. The minimum Gasteiger partial charge on any atom is -0.486 e. The smallest absolute Gasteiger partial charge is 0.221 e. The highest BCUT2D eigenvalue weighted by molar-refractivity contribution is 7.16. The van der Waals surface area contributed by atoms with Crippen molar-refractivity contribution in [2.45, 2.75) is 13.5 Å². The lowest BCUT2D eigenvalue weighted by Crippen LogP contribution is -2.07. The predicted octanol–water partition coefficient (Wildman–Crippen LogP) is 4.13. The van der Waals surface area contributed by atoms with Gasteiger partial charge in [-0.1, -0.05) is 23.2 Å². The Morgan fingerprint density at radius 1 is 1.50 bits per heavy atom. The molecule has 0 aliphatic carbocycles. The topological polar surface area (TPSA) is 51.2 Å². The number of thiazole rings is 1. The van der Waals surface area contributed by atoms with Crippen LogP contribution in [-0.4, -0.2) is 10.9 Å². The average molecular weight is 335 g/mol. The molecule has 20 heavy (non-hydrogen) atoms. The highest BCUT2D eigenvalue weighted by atomic mass is 35.5. The second-order valence-electron chi connectivity index (χ2n) is 3.78. The Morgan fingerprint density at radius 3 is 2.80 bits per heavy atom. The van der Waals surface area contributed by atoms with Crippen LogP contribution in [0.3, 0.4) is 0 Å². The number of anilines is 1. The normalized spacial score (nSPS) is 10.4. The zero-order valence-corrected chi connectivity index (χ0v) is 12.6. The van der Waals surface area contributed by atoms with Crippen LogP contribution in [0.15, 0.2) is 18.2 Å². The average Bonchev–Trinajstić information content (AvgIpc) is 2.69. The van der Waals surface area contributed by atoms with Gasteiger partial charge in [-0.2, -0.15) is 0 Å². The molecule has 1 N–H and O–H groups in total. The number of nitrogens with zero attached hydrogens (tertiary/aromatic N) is 1. The monoisotopic (exact) mass is 334 g/mol. The lowest BCUT2D eigenvalue weighted by molar-refractivity contribution is -0.114. The fourth-order valence-electron chi connectivity index (χ4n) is 1.41. The number of carbonyl (C=O) groups excluding carboxylic acids is 1. The van der Waals surface area contributed by atoms with Crippen molar-refractivity contribution in [1.82, 2.24) is 4.98 Å². The molecule has 1 heterocycles. The lowest BCUT2D eigenvalue weighted by atomic mass is 10.3. The molecule has 0 saturated carbocycles. The van der Waals surface area contributed by atoms with Crippen molar-refractivity contribution < 1.29 is 13.9 Å². The van der Waals surface area contributed by atoms with Crippen LogP contribution in [-0.2, 0) is 11.4 Å². The van der Waals surface area contributed by atoms with E-state index in [1.165, 1.54) is 30.4 Å². The summed E-state index contributed by atoms with van der Waals surface area (Å²) in [5.41, 5.74) is 0.102. The lowest BCUT2D eigenvalue weighted by Gasteiger charge is -2.07. The maximum absolute atomic E-state index is 13.7. The van der Waals surface area contributed by atoms with Crippen molar-refractivity contribution in [2.75, 3.05) is 5.32 Å². The van der Waals surface area contributed by atoms with Crippen molar-refractivity contribution in [2.24, 2.45) is 0 Å². The van der Waals surface area contributed by atoms with E-state index in [1.54, 1.807) is 6.07 Å². The maximum Gasteiger partial charge on any atom is 0.221 e. The number of rotatable bonds is 4. The van der Waals surface area contributed by atoms with Crippen LogP contribution < -0.4 is 10.1 Å². The van der Waals surface area contributed by atoms with Gasteiger partial charge in [0, 0.05) is 13.0 Å². The van der Waals surface area contributed by atoms with Gasteiger partial charge in [-0.05, 0) is 12.1 Å². The van der Waals surface area contributed by atoms with E-state index in [0.29, 0.717) is 15.1 Å². The Morgan fingerprint density at radius 2 is 2.25 bits per heavy atom. The molecule has 0 aliphatic heterocycles. The van der Waals surface area contributed by atoms with Crippen LogP contribution in [0.25, 0.3) is 0 Å². The number of hydrogen-bond acceptors (Lipinski definition) is 4. The van der Waals surface area contributed by atoms with Gasteiger partial charge in [-0.15, -0.1) is 11.3 Å². The molecule has 0 bridgehead atoms. The van der Waals surface area contributed by atoms with Crippen LogP contribution in [0.5, 0.6) is 5.75 Å². The minimum absolute atomic E-state index is 0.102. The van der Waals surface area contributed by atoms with E-state index >= 15 is 0 Å². The Bertz CT molecular complexity index is 629. The number of halogens is 3. The Kier molecular flexibility index (Phi) is 4.80. The van der Waals surface area contributed by atoms with E-state index in [-0.39, 0.29) is 23.4 Å². The Hall–Kier alpha value is -1.37. The van der Waals surface area contributed by atoms with Gasteiger partial charge < -0.3 is 10.1 Å². The molecule has 0 atom stereocenters. The third-order valence-corrected chi connectivity index (χ3v) is 3.92. The van der Waals surface area contributed by atoms with E-state index in [2.05, 4.69) is 10.3 Å². The number of benzene rings is 1. The molecular weight excluding hydrogens is 326 g/mol. The van der Waals surface area contributed by atoms with Crippen molar-refractivity contribution in [3.05, 3.63) is 38.5 Å². The summed E-state index contributed by atoms with van der Waals surface area (Å²) in [4.78, 5) is 14.8. The zero-order chi connectivity index (χ0) is 14.7. The SMILES string of the molecule is CC(=O)Nc1ccc(OCc2nc(Cl)c(Cl)s2)cc1F. The molecule has 0 unspecified atom stereocenters. The third kappa shape index (κ3) is 3.82. The van der Waals surface area contributed by atoms with Gasteiger partial charge in [0.25, 0.3) is 0 Å². The van der Waals surface area contributed by atoms with Gasteiger partial charge in [-0.25, -0.2) is 9.37 Å². The molecule has 0 spiro atoms. The van der Waals surface area contributed by atoms with Gasteiger partial charge >= 0.3 is 0 Å². The molecule has 106 valence electrons. The zero-order valence-electron chi connectivity index (χ0n) is 10.2. The van der Waals surface area contributed by atoms with Gasteiger partial charge in [0.1, 0.15) is 27.5 Å². The molecule has 0 saturated heterocycles. The first-order valence-electron chi connectivity index (χ1n) is 5.46. The highest BCUT2D eigenvalue weighted by Crippen LogP contribution is 2.29. The summed E-state index contributed by atoms with van der Waals surface area (Å²) < 4.78 is 19.4. The van der Waals surface area contributed by atoms with E-state index in [0.717, 1.165) is 0 Å². The van der Waals surface area contributed by atoms with Gasteiger partial charge in [0.05, 0.1) is 5.69 Å². The van der Waals surface area contributed by atoms with E-state index in [9.17, 15) is 9.18 Å². The molecule has 1 amide bonds. The summed E-state index contributed by atoms with van der Waals surface area (Å²) in [6.07, 6.45) is 0. The molecule has 0 aliphatic rings. The first-order chi connectivity index (χ1) is 9.45. The summed E-state index contributed by atoms with van der Waals surface area (Å²) in [6, 6.07) is 4.15. The third-order valence-electron chi connectivity index (χ3n) is 2.21. The fourth-order valence-corrected chi connectivity index (χ4v) is 2.57. The predicted molar refractivity (Wildman–Crippen MR) is 77.2 cm³/mol. The van der Waals surface area contributed by atoms with E-state index in [4.69, 9.17) is 27.9 Å². The molecular formula is C12H9Cl2FN2O2S. The van der Waals surface area contributed by atoms with Crippen LogP contribution >= 0.6 is 34.5 Å². The molecule has 1 aromatic carbocycles. The molecule has 0 radical (unpaired) electrons. The molecule has 8 heteroatoms. The van der Waals surface area contributed by atoms with Gasteiger partial charge in [0.2, 0.25) is 5.91 Å². The number of aromatic nitrogens is 1. The first kappa shape index (κ1) is 15.0. The van der Waals surface area contributed by atoms with Crippen molar-refractivity contribution in [3.8, 4) is 5.75 Å². The molecule has 2 aromatic rings. The Balaban J connectivity index is 2.03. The summed E-state index contributed by atoms with van der Waals surface area (Å²) >= 11 is 12.7. The Labute approximate surface area is 128 Å². The first-order valence-corrected chi connectivity index (χ1v) is 7.03. The van der Waals surface area contributed by atoms with Crippen LogP contribution in [0.4, 0.5) is 10.1 Å². The summed E-state index contributed by atoms with van der Waals surface area (Å²) in [5.74, 6) is -0.600. The van der Waals surface area contributed by atoms with Crippen molar-refractivity contribution in [1.29, 1.82) is 0 Å². The number of amides is 1. The molecule has 1 aromatic heterocycles. The van der Waals surface area contributed by atoms with Crippen molar-refractivity contribution in [3.63, 3.8) is 0 Å². The van der Waals surface area contributed by atoms with Gasteiger partial charge in [-0.3, -0.25) is 4.79 Å². The van der Waals surface area contributed by atoms with Crippen LogP contribution in [0, 0.1) is 5.82 Å². The molecule has 0 fully saturated rings. The number of ether oxygens (including phenoxy) is 1. The molecule has 4 nitrogen and oxygen atoms in total. The summed E-state index contributed by atoms with van der Waals surface area (Å²) in [5, 5.41) is 3.18. The van der Waals surface area contributed by atoms with E-state index < -0.39 is 5.82 Å². The quantitative estimate of drug-likeness (QED) is 0.914. The minimum atomic E-state index is -0.576. The number of nitrogens with one attached hydrogen (secondary N) is 1. The standard InChI is InChI=1S/C12H9Cl2FN2O2S/c1-6(18)16-9-3-2-7(4-8(9)15)19-5-10-17-11(13)12(14)20-10/h2-4H,5H2,1H3,(H,16,18). The second kappa shape index (κ2) is 6.39. The fraction of sp³-hybridized carbons (Fsp3) is 0.167. The number of carbonyl (C=O) groups is 1. The number of hydrogen-bond donors (Lipinski definition) is 1.